The van der Waals surface area contributed by atoms with Gasteiger partial charge < -0.3 is 16.2 Å². The van der Waals surface area contributed by atoms with Gasteiger partial charge in [-0.2, -0.15) is 0 Å². The van der Waals surface area contributed by atoms with Crippen LogP contribution >= 0.6 is 0 Å². The van der Waals surface area contributed by atoms with Gasteiger partial charge in [-0.15, -0.1) is 0 Å². The largest absolute Gasteiger partial charge is 0.387 e. The molecule has 1 heterocycles. The molecular weight excluding hydrogens is 392 g/mol. The summed E-state index contributed by atoms with van der Waals surface area (Å²) in [5.74, 6) is 0.165. The van der Waals surface area contributed by atoms with Crippen molar-refractivity contribution in [3.05, 3.63) is 35.4 Å². The quantitative estimate of drug-likeness (QED) is 0.648. The molecule has 3 aliphatic rings. The predicted octanol–water partition coefficient (Wildman–Crippen LogP) is 2.14. The molecule has 7 heteroatoms. The van der Waals surface area contributed by atoms with Gasteiger partial charge in [0.05, 0.1) is 23.6 Å². The Morgan fingerprint density at radius 2 is 1.97 bits per heavy atom. The van der Waals surface area contributed by atoms with E-state index < -0.39 is 17.2 Å². The smallest absolute Gasteiger partial charge is 0.231 e. The van der Waals surface area contributed by atoms with Crippen LogP contribution in [0.3, 0.4) is 0 Å². The van der Waals surface area contributed by atoms with Crippen molar-refractivity contribution in [3.8, 4) is 0 Å². The second kappa shape index (κ2) is 7.62. The Morgan fingerprint density at radius 3 is 2.61 bits per heavy atom. The Balaban J connectivity index is 1.44. The number of amides is 2. The van der Waals surface area contributed by atoms with Crippen molar-refractivity contribution in [3.63, 3.8) is 0 Å². The number of rotatable bonds is 6. The number of aliphatic imine (C=N–C) groups is 1. The topological polar surface area (TPSA) is 108 Å². The fraction of sp³-hybridized carbons (Fsp3) is 0.625. The second-order valence-corrected chi connectivity index (χ2v) is 9.81. The van der Waals surface area contributed by atoms with Crippen LogP contribution in [-0.4, -0.2) is 45.5 Å². The van der Waals surface area contributed by atoms with E-state index in [9.17, 15) is 14.7 Å². The third-order valence-corrected chi connectivity index (χ3v) is 7.81. The maximum atomic E-state index is 13.1. The lowest BCUT2D eigenvalue weighted by atomic mass is 9.88. The third-order valence-electron chi connectivity index (χ3n) is 7.81. The number of guanidine groups is 1. The van der Waals surface area contributed by atoms with Crippen LogP contribution in [-0.2, 0) is 16.0 Å². The van der Waals surface area contributed by atoms with Crippen molar-refractivity contribution >= 4 is 17.8 Å². The lowest BCUT2D eigenvalue weighted by molar-refractivity contribution is -0.130. The van der Waals surface area contributed by atoms with Crippen LogP contribution in [0.5, 0.6) is 0 Å². The summed E-state index contributed by atoms with van der Waals surface area (Å²) in [7, 11) is 0. The average molecular weight is 427 g/mol. The average Bonchev–Trinajstić information content (AvgIpc) is 3.29. The molecule has 0 spiro atoms. The van der Waals surface area contributed by atoms with Crippen LogP contribution in [0.2, 0.25) is 0 Å². The maximum Gasteiger partial charge on any atom is 0.231 e. The van der Waals surface area contributed by atoms with Crippen molar-refractivity contribution < 1.29 is 14.7 Å². The lowest BCUT2D eigenvalue weighted by Gasteiger charge is -2.36. The molecule has 0 bridgehead atoms. The number of benzene rings is 1. The summed E-state index contributed by atoms with van der Waals surface area (Å²) in [6, 6.07) is 7.41. The molecule has 5 atom stereocenters. The molecule has 168 valence electrons. The van der Waals surface area contributed by atoms with E-state index >= 15 is 0 Å². The molecule has 2 amide bonds. The molecule has 1 fully saturated rings. The number of fused-ring (bicyclic) bond motifs is 1. The van der Waals surface area contributed by atoms with E-state index in [0.29, 0.717) is 19.4 Å². The van der Waals surface area contributed by atoms with Crippen molar-refractivity contribution in [2.45, 2.75) is 70.6 Å². The molecule has 4 N–H and O–H groups in total. The van der Waals surface area contributed by atoms with Crippen molar-refractivity contribution in [2.75, 3.05) is 6.54 Å². The molecule has 1 aromatic carbocycles. The van der Waals surface area contributed by atoms with Crippen molar-refractivity contribution in [2.24, 2.45) is 28.5 Å². The van der Waals surface area contributed by atoms with E-state index in [-0.39, 0.29) is 35.5 Å². The molecule has 1 aromatic rings. The maximum absolute atomic E-state index is 13.1. The van der Waals surface area contributed by atoms with E-state index in [1.165, 1.54) is 0 Å². The third kappa shape index (κ3) is 3.73. The van der Waals surface area contributed by atoms with Gasteiger partial charge in [-0.05, 0) is 42.7 Å². The molecule has 31 heavy (non-hydrogen) atoms. The van der Waals surface area contributed by atoms with Gasteiger partial charge in [0.1, 0.15) is 0 Å². The Bertz CT molecular complexity index is 921. The summed E-state index contributed by atoms with van der Waals surface area (Å²) in [6.45, 7) is 8.27. The van der Waals surface area contributed by atoms with Gasteiger partial charge in [0.2, 0.25) is 11.8 Å². The first-order chi connectivity index (χ1) is 14.6. The molecule has 3 unspecified atom stereocenters. The molecule has 1 aliphatic heterocycles. The number of carbonyl (C=O) groups is 2. The van der Waals surface area contributed by atoms with Crippen LogP contribution in [0.25, 0.3) is 0 Å². The number of hydrogen-bond donors (Lipinski definition) is 3. The highest BCUT2D eigenvalue weighted by Crippen LogP contribution is 2.48. The number of nitrogens with zero attached hydrogens (tertiary/aromatic N) is 2. The molecule has 4 rings (SSSR count). The first kappa shape index (κ1) is 21.8. The van der Waals surface area contributed by atoms with Gasteiger partial charge in [-0.1, -0.05) is 45.0 Å². The normalized spacial score (nSPS) is 33.6. The van der Waals surface area contributed by atoms with E-state index in [0.717, 1.165) is 24.0 Å². The van der Waals surface area contributed by atoms with Crippen LogP contribution in [0.15, 0.2) is 29.3 Å². The minimum atomic E-state index is -1.02. The van der Waals surface area contributed by atoms with E-state index in [4.69, 9.17) is 5.73 Å². The Kier molecular flexibility index (Phi) is 5.36. The van der Waals surface area contributed by atoms with Gasteiger partial charge >= 0.3 is 0 Å². The van der Waals surface area contributed by atoms with Gasteiger partial charge in [-0.25, -0.2) is 4.99 Å². The highest BCUT2D eigenvalue weighted by Gasteiger charge is 2.55. The first-order valence-electron chi connectivity index (χ1n) is 11.4. The highest BCUT2D eigenvalue weighted by atomic mass is 16.3. The van der Waals surface area contributed by atoms with Gasteiger partial charge in [-0.3, -0.25) is 14.5 Å². The summed E-state index contributed by atoms with van der Waals surface area (Å²) in [6.07, 6.45) is 2.43. The Morgan fingerprint density at radius 1 is 1.29 bits per heavy atom. The number of nitrogens with two attached hydrogens (primary N) is 1. The molecular formula is C24H34N4O3. The summed E-state index contributed by atoms with van der Waals surface area (Å²) in [5, 5.41) is 14.0. The van der Waals surface area contributed by atoms with Crippen LogP contribution in [0.4, 0.5) is 0 Å². The lowest BCUT2D eigenvalue weighted by Crippen LogP contribution is -2.52. The summed E-state index contributed by atoms with van der Waals surface area (Å²) in [5.41, 5.74) is 6.81. The molecule has 2 aliphatic carbocycles. The zero-order chi connectivity index (χ0) is 22.6. The fourth-order valence-electron chi connectivity index (χ4n) is 5.44. The number of carbonyl (C=O) groups excluding carboxylic acids is 2. The van der Waals surface area contributed by atoms with E-state index in [1.54, 1.807) is 11.8 Å². The molecule has 7 nitrogen and oxygen atoms in total. The van der Waals surface area contributed by atoms with Crippen LogP contribution in [0.1, 0.15) is 64.1 Å². The minimum absolute atomic E-state index is 0.0119. The standard InChI is InChI=1S/C24H34N4O3/c1-5-24(6-2)12-18(29)28(22(25)27-24)13-17-14(3)19(17)21(30)26-20-16-10-8-7-9-15(16)11-23(20,4)31/h7-10,14,17,19-20,31H,5-6,11-13H2,1-4H3,(H2,25,27)(H,26,30)/t14?,17?,19?,20-,23+/m1/s1. The van der Waals surface area contributed by atoms with Gasteiger partial charge in [0.15, 0.2) is 5.96 Å². The SMILES string of the molecule is CCC1(CC)CC(=O)N(CC2C(C)C2C(=O)N[C@@H]2c3ccccc3C[C@]2(C)O)C(N)=N1. The number of aliphatic hydroxyl groups is 1. The summed E-state index contributed by atoms with van der Waals surface area (Å²) >= 11 is 0. The van der Waals surface area contributed by atoms with Crippen molar-refractivity contribution in [1.82, 2.24) is 10.2 Å². The molecule has 0 radical (unpaired) electrons. The van der Waals surface area contributed by atoms with Gasteiger partial charge in [0, 0.05) is 18.9 Å². The monoisotopic (exact) mass is 426 g/mol. The molecule has 0 saturated heterocycles. The van der Waals surface area contributed by atoms with E-state index in [1.807, 2.05) is 45.0 Å². The molecule has 1 saturated carbocycles. The van der Waals surface area contributed by atoms with Crippen LogP contribution < -0.4 is 11.1 Å². The second-order valence-electron chi connectivity index (χ2n) is 9.81. The Hall–Kier alpha value is -2.41. The fourth-order valence-corrected chi connectivity index (χ4v) is 5.44. The Labute approximate surface area is 184 Å². The minimum Gasteiger partial charge on any atom is -0.387 e. The summed E-state index contributed by atoms with van der Waals surface area (Å²) in [4.78, 5) is 32.1. The van der Waals surface area contributed by atoms with E-state index in [2.05, 4.69) is 10.3 Å². The zero-order valence-corrected chi connectivity index (χ0v) is 18.9. The first-order valence-corrected chi connectivity index (χ1v) is 11.4. The molecule has 0 aromatic heterocycles. The predicted molar refractivity (Wildman–Crippen MR) is 119 cm³/mol. The number of hydrogen-bond acceptors (Lipinski definition) is 5. The zero-order valence-electron chi connectivity index (χ0n) is 18.9. The summed E-state index contributed by atoms with van der Waals surface area (Å²) < 4.78 is 0. The highest BCUT2D eigenvalue weighted by molar-refractivity contribution is 5.99. The number of nitrogens with one attached hydrogen (secondary N) is 1. The van der Waals surface area contributed by atoms with Crippen LogP contribution in [0, 0.1) is 17.8 Å². The van der Waals surface area contributed by atoms with Gasteiger partial charge in [0.25, 0.3) is 0 Å². The van der Waals surface area contributed by atoms with Crippen molar-refractivity contribution in [1.29, 1.82) is 0 Å².